The fourth-order valence-electron chi connectivity index (χ4n) is 3.93. The molecule has 2 fully saturated rings. The van der Waals surface area contributed by atoms with Crippen molar-refractivity contribution in [2.75, 3.05) is 6.61 Å². The van der Waals surface area contributed by atoms with E-state index in [-0.39, 0.29) is 30.2 Å². The van der Waals surface area contributed by atoms with Gasteiger partial charge in [-0.25, -0.2) is 4.39 Å². The normalized spacial score (nSPS) is 24.7. The molecule has 1 heterocycles. The van der Waals surface area contributed by atoms with E-state index in [0.717, 1.165) is 29.5 Å². The van der Waals surface area contributed by atoms with Crippen LogP contribution < -0.4 is 0 Å². The van der Waals surface area contributed by atoms with E-state index < -0.39 is 12.1 Å². The van der Waals surface area contributed by atoms with E-state index >= 15 is 0 Å². The predicted molar refractivity (Wildman–Crippen MR) is 94.4 cm³/mol. The molecule has 4 rings (SSSR count). The van der Waals surface area contributed by atoms with Gasteiger partial charge in [0.05, 0.1) is 18.7 Å². The summed E-state index contributed by atoms with van der Waals surface area (Å²) < 4.78 is 13.7. The minimum absolute atomic E-state index is 0.000636. The fraction of sp³-hybridized carbons (Fsp3) is 0.333. The molecule has 1 aliphatic carbocycles. The highest BCUT2D eigenvalue weighted by Gasteiger charge is 2.54. The van der Waals surface area contributed by atoms with Crippen molar-refractivity contribution in [2.45, 2.75) is 30.8 Å². The Morgan fingerprint density at radius 1 is 1.23 bits per heavy atom. The minimum Gasteiger partial charge on any atom is -0.394 e. The number of nitriles is 1. The molecule has 132 valence electrons. The van der Waals surface area contributed by atoms with Crippen molar-refractivity contribution in [3.8, 4) is 17.2 Å². The zero-order valence-electron chi connectivity index (χ0n) is 14.2. The molecule has 0 unspecified atom stereocenters. The summed E-state index contributed by atoms with van der Waals surface area (Å²) in [7, 11) is 0. The van der Waals surface area contributed by atoms with Gasteiger partial charge >= 0.3 is 0 Å². The van der Waals surface area contributed by atoms with E-state index in [0.29, 0.717) is 0 Å². The van der Waals surface area contributed by atoms with Crippen molar-refractivity contribution in [3.63, 3.8) is 0 Å². The number of carbonyl (C=O) groups is 1. The summed E-state index contributed by atoms with van der Waals surface area (Å²) in [6, 6.07) is 15.1. The summed E-state index contributed by atoms with van der Waals surface area (Å²) in [6.07, 6.45) is 1.71. The Kier molecular flexibility index (Phi) is 4.21. The van der Waals surface area contributed by atoms with E-state index in [1.807, 2.05) is 30.3 Å². The van der Waals surface area contributed by atoms with Gasteiger partial charge < -0.3 is 10.0 Å². The number of nitrogens with zero attached hydrogens (tertiary/aromatic N) is 2. The molecule has 2 aromatic rings. The summed E-state index contributed by atoms with van der Waals surface area (Å²) in [5.74, 6) is -0.645. The van der Waals surface area contributed by atoms with E-state index in [4.69, 9.17) is 0 Å². The number of aliphatic hydroxyl groups excluding tert-OH is 1. The van der Waals surface area contributed by atoms with Crippen LogP contribution in [0.3, 0.4) is 0 Å². The molecule has 1 saturated heterocycles. The second-order valence-electron chi connectivity index (χ2n) is 6.97. The zero-order valence-corrected chi connectivity index (χ0v) is 14.2. The molecule has 2 aliphatic rings. The summed E-state index contributed by atoms with van der Waals surface area (Å²) in [5, 5.41) is 19.6. The summed E-state index contributed by atoms with van der Waals surface area (Å²) in [4.78, 5) is 14.1. The van der Waals surface area contributed by atoms with E-state index in [1.165, 1.54) is 12.1 Å². The average molecular weight is 350 g/mol. The fourth-order valence-corrected chi connectivity index (χ4v) is 3.93. The summed E-state index contributed by atoms with van der Waals surface area (Å²) >= 11 is 0. The topological polar surface area (TPSA) is 64.3 Å². The highest BCUT2D eigenvalue weighted by molar-refractivity contribution is 5.84. The largest absolute Gasteiger partial charge is 0.394 e. The number of halogens is 1. The predicted octanol–water partition coefficient (Wildman–Crippen LogP) is 3.08. The van der Waals surface area contributed by atoms with Gasteiger partial charge in [-0.2, -0.15) is 5.26 Å². The number of benzene rings is 2. The first kappa shape index (κ1) is 16.7. The first-order valence-corrected chi connectivity index (χ1v) is 8.83. The molecule has 3 atom stereocenters. The van der Waals surface area contributed by atoms with Crippen LogP contribution in [0, 0.1) is 23.1 Å². The van der Waals surface area contributed by atoms with Gasteiger partial charge in [-0.3, -0.25) is 4.79 Å². The second kappa shape index (κ2) is 6.54. The number of amides is 1. The molecule has 0 spiro atoms. The Morgan fingerprint density at radius 2 is 2.00 bits per heavy atom. The van der Waals surface area contributed by atoms with Crippen LogP contribution in [-0.2, 0) is 4.79 Å². The summed E-state index contributed by atoms with van der Waals surface area (Å²) in [5.41, 5.74) is 2.42. The van der Waals surface area contributed by atoms with E-state index in [1.54, 1.807) is 11.0 Å². The maximum absolute atomic E-state index is 13.7. The van der Waals surface area contributed by atoms with Crippen molar-refractivity contribution < 1.29 is 14.3 Å². The molecule has 0 radical (unpaired) electrons. The van der Waals surface area contributed by atoms with Crippen molar-refractivity contribution in [1.82, 2.24) is 4.90 Å². The third kappa shape index (κ3) is 2.67. The Hall–Kier alpha value is -2.71. The molecular weight excluding hydrogens is 331 g/mol. The number of carbonyl (C=O) groups excluding carboxylic acids is 1. The van der Waals surface area contributed by atoms with Gasteiger partial charge in [0.2, 0.25) is 5.91 Å². The number of rotatable bonds is 4. The smallest absolute Gasteiger partial charge is 0.227 e. The van der Waals surface area contributed by atoms with Crippen LogP contribution >= 0.6 is 0 Å². The van der Waals surface area contributed by atoms with Crippen LogP contribution in [0.25, 0.3) is 11.1 Å². The van der Waals surface area contributed by atoms with Gasteiger partial charge in [0.25, 0.3) is 0 Å². The molecule has 0 aromatic heterocycles. The molecule has 5 heteroatoms. The highest BCUT2D eigenvalue weighted by atomic mass is 19.1. The van der Waals surface area contributed by atoms with Crippen molar-refractivity contribution >= 4 is 5.91 Å². The van der Waals surface area contributed by atoms with Gasteiger partial charge in [-0.05, 0) is 41.7 Å². The van der Waals surface area contributed by atoms with Crippen molar-refractivity contribution in [3.05, 3.63) is 59.9 Å². The lowest BCUT2D eigenvalue weighted by Gasteiger charge is -2.52. The molecule has 26 heavy (non-hydrogen) atoms. The van der Waals surface area contributed by atoms with Crippen LogP contribution in [0.1, 0.15) is 24.3 Å². The van der Waals surface area contributed by atoms with Crippen LogP contribution in [0.5, 0.6) is 0 Å². The first-order valence-electron chi connectivity index (χ1n) is 8.83. The van der Waals surface area contributed by atoms with Crippen molar-refractivity contribution in [1.29, 1.82) is 5.26 Å². The van der Waals surface area contributed by atoms with Gasteiger partial charge in [0, 0.05) is 11.8 Å². The monoisotopic (exact) mass is 350 g/mol. The summed E-state index contributed by atoms with van der Waals surface area (Å²) in [6.45, 7) is -0.196. The Bertz CT molecular complexity index is 888. The maximum Gasteiger partial charge on any atom is 0.227 e. The minimum atomic E-state index is -0.602. The average Bonchev–Trinajstić information content (AvgIpc) is 3.47. The molecular formula is C21H19FN2O2. The van der Waals surface area contributed by atoms with Crippen LogP contribution in [0.15, 0.2) is 48.5 Å². The lowest BCUT2D eigenvalue weighted by Crippen LogP contribution is -2.65. The standard InChI is InChI=1S/C21H19FN2O2/c22-15-5-3-4-14(10-15)16-6-1-2-7-17(16)20-18(11-23)24(19(20)12-25)21(26)13-8-9-13/h1-7,10,13,18-20,25H,8-9,12H2/t18-,19+,20-/m1/s1. The molecule has 0 bridgehead atoms. The quantitative estimate of drug-likeness (QED) is 0.922. The number of hydrogen-bond acceptors (Lipinski definition) is 3. The number of likely N-dealkylation sites (tertiary alicyclic amines) is 1. The third-order valence-corrected chi connectivity index (χ3v) is 5.37. The highest BCUT2D eigenvalue weighted by Crippen LogP contribution is 2.46. The van der Waals surface area contributed by atoms with Gasteiger partial charge in [-0.15, -0.1) is 0 Å². The van der Waals surface area contributed by atoms with Crippen LogP contribution in [-0.4, -0.2) is 34.6 Å². The van der Waals surface area contributed by atoms with Gasteiger partial charge in [0.1, 0.15) is 11.9 Å². The van der Waals surface area contributed by atoms with Gasteiger partial charge in [-0.1, -0.05) is 36.4 Å². The van der Waals surface area contributed by atoms with E-state index in [9.17, 15) is 19.6 Å². The number of aliphatic hydroxyl groups is 1. The first-order chi connectivity index (χ1) is 12.7. The maximum atomic E-state index is 13.7. The Balaban J connectivity index is 1.73. The molecule has 1 N–H and O–H groups in total. The molecule has 1 aliphatic heterocycles. The van der Waals surface area contributed by atoms with Crippen LogP contribution in [0.2, 0.25) is 0 Å². The zero-order chi connectivity index (χ0) is 18.3. The Labute approximate surface area is 151 Å². The SMILES string of the molecule is N#C[C@@H]1[C@@H](c2ccccc2-c2cccc(F)c2)[C@H](CO)N1C(=O)C1CC1. The van der Waals surface area contributed by atoms with Crippen molar-refractivity contribution in [2.24, 2.45) is 5.92 Å². The third-order valence-electron chi connectivity index (χ3n) is 5.37. The van der Waals surface area contributed by atoms with Gasteiger partial charge in [0.15, 0.2) is 0 Å². The second-order valence-corrected chi connectivity index (χ2v) is 6.97. The molecule has 1 saturated carbocycles. The molecule has 1 amide bonds. The Morgan fingerprint density at radius 3 is 2.65 bits per heavy atom. The number of hydrogen-bond donors (Lipinski definition) is 1. The molecule has 2 aromatic carbocycles. The lowest BCUT2D eigenvalue weighted by molar-refractivity contribution is -0.148. The van der Waals surface area contributed by atoms with E-state index in [2.05, 4.69) is 6.07 Å². The van der Waals surface area contributed by atoms with Crippen LogP contribution in [0.4, 0.5) is 4.39 Å². The lowest BCUT2D eigenvalue weighted by atomic mass is 9.73. The molecule has 4 nitrogen and oxygen atoms in total.